The van der Waals surface area contributed by atoms with Gasteiger partial charge >= 0.3 is 0 Å². The molecule has 0 fully saturated rings. The molecule has 0 heterocycles. The van der Waals surface area contributed by atoms with Gasteiger partial charge in [0.15, 0.2) is 6.61 Å². The molecule has 1 rings (SSSR count). The minimum atomic E-state index is -0.0614. The Hall–Kier alpha value is -1.26. The van der Waals surface area contributed by atoms with E-state index in [9.17, 15) is 4.79 Å². The van der Waals surface area contributed by atoms with Crippen molar-refractivity contribution in [1.29, 1.82) is 0 Å². The number of hydrogen-bond donors (Lipinski definition) is 1. The van der Waals surface area contributed by atoms with Crippen molar-refractivity contribution in [2.45, 2.75) is 26.3 Å². The predicted octanol–water partition coefficient (Wildman–Crippen LogP) is 2.09. The van der Waals surface area contributed by atoms with Gasteiger partial charge in [0.1, 0.15) is 5.75 Å². The van der Waals surface area contributed by atoms with Crippen molar-refractivity contribution in [1.82, 2.24) is 4.90 Å². The van der Waals surface area contributed by atoms with Gasteiger partial charge in [0.2, 0.25) is 0 Å². The molecule has 0 saturated heterocycles. The van der Waals surface area contributed by atoms with E-state index in [1.165, 1.54) is 0 Å². The van der Waals surface area contributed by atoms with E-state index in [1.807, 2.05) is 13.8 Å². The van der Waals surface area contributed by atoms with Gasteiger partial charge in [-0.15, -0.1) is 0 Å². The molecular formula is C14H21ClN2O2. The van der Waals surface area contributed by atoms with Crippen LogP contribution < -0.4 is 10.5 Å². The van der Waals surface area contributed by atoms with Gasteiger partial charge in [-0.25, -0.2) is 0 Å². The lowest BCUT2D eigenvalue weighted by atomic mass is 10.1. The van der Waals surface area contributed by atoms with Gasteiger partial charge in [0.25, 0.3) is 5.91 Å². The van der Waals surface area contributed by atoms with Gasteiger partial charge in [-0.1, -0.05) is 17.7 Å². The number of amides is 1. The molecule has 19 heavy (non-hydrogen) atoms. The van der Waals surface area contributed by atoms with Crippen LogP contribution in [0.5, 0.6) is 5.75 Å². The number of nitrogens with zero attached hydrogens (tertiary/aromatic N) is 1. The molecule has 4 nitrogen and oxygen atoms in total. The van der Waals surface area contributed by atoms with Crippen molar-refractivity contribution in [3.63, 3.8) is 0 Å². The maximum Gasteiger partial charge on any atom is 0.260 e. The highest BCUT2D eigenvalue weighted by Gasteiger charge is 2.14. The Morgan fingerprint density at radius 2 is 2.16 bits per heavy atom. The zero-order chi connectivity index (χ0) is 14.4. The van der Waals surface area contributed by atoms with Crippen LogP contribution in [0.4, 0.5) is 0 Å². The SMILES string of the molecule is CC(C)N(C)C(=O)COc1cccc(Cl)c1CCN. The summed E-state index contributed by atoms with van der Waals surface area (Å²) in [6.07, 6.45) is 0.628. The molecule has 0 bridgehead atoms. The number of rotatable bonds is 6. The zero-order valence-electron chi connectivity index (χ0n) is 11.6. The summed E-state index contributed by atoms with van der Waals surface area (Å²) in [7, 11) is 1.76. The Morgan fingerprint density at radius 3 is 2.74 bits per heavy atom. The smallest absolute Gasteiger partial charge is 0.260 e. The maximum absolute atomic E-state index is 11.9. The van der Waals surface area contributed by atoms with Crippen LogP contribution in [0.2, 0.25) is 5.02 Å². The van der Waals surface area contributed by atoms with E-state index in [4.69, 9.17) is 22.1 Å². The van der Waals surface area contributed by atoms with Crippen LogP contribution >= 0.6 is 11.6 Å². The summed E-state index contributed by atoms with van der Waals surface area (Å²) in [6, 6.07) is 5.55. The topological polar surface area (TPSA) is 55.6 Å². The second-order valence-electron chi connectivity index (χ2n) is 4.64. The quantitative estimate of drug-likeness (QED) is 0.870. The van der Waals surface area contributed by atoms with Crippen LogP contribution in [0, 0.1) is 0 Å². The maximum atomic E-state index is 11.9. The van der Waals surface area contributed by atoms with E-state index < -0.39 is 0 Å². The van der Waals surface area contributed by atoms with Crippen molar-refractivity contribution in [2.75, 3.05) is 20.2 Å². The van der Waals surface area contributed by atoms with Gasteiger partial charge < -0.3 is 15.4 Å². The standard InChI is InChI=1S/C14H21ClN2O2/c1-10(2)17(3)14(18)9-19-13-6-4-5-12(15)11(13)7-8-16/h4-6,10H,7-9,16H2,1-3H3. The van der Waals surface area contributed by atoms with Crippen molar-refractivity contribution in [3.8, 4) is 5.75 Å². The lowest BCUT2D eigenvalue weighted by Gasteiger charge is -2.22. The van der Waals surface area contributed by atoms with Crippen LogP contribution in [0.3, 0.4) is 0 Å². The average molecular weight is 285 g/mol. The summed E-state index contributed by atoms with van der Waals surface area (Å²) < 4.78 is 5.57. The molecular weight excluding hydrogens is 264 g/mol. The summed E-state index contributed by atoms with van der Waals surface area (Å²) >= 11 is 6.11. The normalized spacial score (nSPS) is 10.6. The molecule has 1 aromatic carbocycles. The van der Waals surface area contributed by atoms with Crippen molar-refractivity contribution < 1.29 is 9.53 Å². The van der Waals surface area contributed by atoms with Crippen LogP contribution in [0.25, 0.3) is 0 Å². The number of carbonyl (C=O) groups excluding carboxylic acids is 1. The van der Waals surface area contributed by atoms with E-state index in [0.717, 1.165) is 5.56 Å². The molecule has 0 saturated carbocycles. The molecule has 0 radical (unpaired) electrons. The van der Waals surface area contributed by atoms with Crippen molar-refractivity contribution in [3.05, 3.63) is 28.8 Å². The molecule has 0 spiro atoms. The minimum absolute atomic E-state index is 0.00654. The van der Waals surface area contributed by atoms with Gasteiger partial charge in [0.05, 0.1) is 0 Å². The second kappa shape index (κ2) is 7.36. The molecule has 5 heteroatoms. The monoisotopic (exact) mass is 284 g/mol. The van der Waals surface area contributed by atoms with Crippen LogP contribution in [-0.4, -0.2) is 37.0 Å². The molecule has 0 aliphatic carbocycles. The Balaban J connectivity index is 2.72. The minimum Gasteiger partial charge on any atom is -0.483 e. The van der Waals surface area contributed by atoms with Gasteiger partial charge in [-0.05, 0) is 38.9 Å². The molecule has 0 atom stereocenters. The summed E-state index contributed by atoms with van der Waals surface area (Å²) in [5.74, 6) is 0.567. The van der Waals surface area contributed by atoms with Gasteiger partial charge in [0, 0.05) is 23.7 Å². The van der Waals surface area contributed by atoms with Crippen LogP contribution in [0.15, 0.2) is 18.2 Å². The van der Waals surface area contributed by atoms with Gasteiger partial charge in [-0.3, -0.25) is 4.79 Å². The zero-order valence-corrected chi connectivity index (χ0v) is 12.4. The van der Waals surface area contributed by atoms with E-state index >= 15 is 0 Å². The van der Waals surface area contributed by atoms with E-state index in [1.54, 1.807) is 30.1 Å². The Morgan fingerprint density at radius 1 is 1.47 bits per heavy atom. The lowest BCUT2D eigenvalue weighted by Crippen LogP contribution is -2.36. The van der Waals surface area contributed by atoms with Gasteiger partial charge in [-0.2, -0.15) is 0 Å². The molecule has 0 aliphatic heterocycles. The molecule has 1 amide bonds. The number of nitrogens with two attached hydrogens (primary N) is 1. The number of ether oxygens (including phenoxy) is 1. The fourth-order valence-electron chi connectivity index (χ4n) is 1.59. The third-order valence-electron chi connectivity index (χ3n) is 2.99. The first-order valence-electron chi connectivity index (χ1n) is 6.33. The second-order valence-corrected chi connectivity index (χ2v) is 5.05. The highest BCUT2D eigenvalue weighted by Crippen LogP contribution is 2.26. The first kappa shape index (κ1) is 15.8. The highest BCUT2D eigenvalue weighted by atomic mass is 35.5. The Labute approximate surface area is 119 Å². The molecule has 1 aromatic rings. The lowest BCUT2D eigenvalue weighted by molar-refractivity contribution is -0.133. The number of benzene rings is 1. The summed E-state index contributed by atoms with van der Waals surface area (Å²) in [6.45, 7) is 4.40. The summed E-state index contributed by atoms with van der Waals surface area (Å²) in [4.78, 5) is 13.5. The van der Waals surface area contributed by atoms with Crippen LogP contribution in [-0.2, 0) is 11.2 Å². The average Bonchev–Trinajstić information content (AvgIpc) is 2.38. The number of carbonyl (C=O) groups is 1. The van der Waals surface area contributed by atoms with Crippen molar-refractivity contribution >= 4 is 17.5 Å². The highest BCUT2D eigenvalue weighted by molar-refractivity contribution is 6.31. The van der Waals surface area contributed by atoms with E-state index in [-0.39, 0.29) is 18.6 Å². The summed E-state index contributed by atoms with van der Waals surface area (Å²) in [5.41, 5.74) is 6.41. The Kier molecular flexibility index (Phi) is 6.12. The summed E-state index contributed by atoms with van der Waals surface area (Å²) in [5, 5.41) is 0.618. The number of halogens is 1. The largest absolute Gasteiger partial charge is 0.483 e. The fourth-order valence-corrected chi connectivity index (χ4v) is 1.85. The fraction of sp³-hybridized carbons (Fsp3) is 0.500. The van der Waals surface area contributed by atoms with Crippen molar-refractivity contribution in [2.24, 2.45) is 5.73 Å². The molecule has 2 N–H and O–H groups in total. The predicted molar refractivity (Wildman–Crippen MR) is 77.6 cm³/mol. The molecule has 0 unspecified atom stereocenters. The third-order valence-corrected chi connectivity index (χ3v) is 3.34. The van der Waals surface area contributed by atoms with E-state index in [2.05, 4.69) is 0 Å². The number of hydrogen-bond acceptors (Lipinski definition) is 3. The first-order chi connectivity index (χ1) is 8.97. The third kappa shape index (κ3) is 4.40. The molecule has 0 aliphatic rings. The Bertz CT molecular complexity index is 435. The van der Waals surface area contributed by atoms with E-state index in [0.29, 0.717) is 23.7 Å². The molecule has 0 aromatic heterocycles. The first-order valence-corrected chi connectivity index (χ1v) is 6.71. The van der Waals surface area contributed by atoms with Crippen LogP contribution in [0.1, 0.15) is 19.4 Å². The number of likely N-dealkylation sites (N-methyl/N-ethyl adjacent to an activating group) is 1. The molecule has 106 valence electrons.